The van der Waals surface area contributed by atoms with Crippen LogP contribution in [-0.2, 0) is 21.4 Å². The van der Waals surface area contributed by atoms with Gasteiger partial charge in [-0.1, -0.05) is 35.9 Å². The van der Waals surface area contributed by atoms with Crippen molar-refractivity contribution in [3.8, 4) is 0 Å². The van der Waals surface area contributed by atoms with E-state index in [-0.39, 0.29) is 18.8 Å². The second-order valence-corrected chi connectivity index (χ2v) is 7.56. The maximum absolute atomic E-state index is 13.1. The molecule has 0 bridgehead atoms. The third-order valence-electron chi connectivity index (χ3n) is 3.34. The largest absolute Gasteiger partial charge is 0.325 e. The maximum atomic E-state index is 13.1. The standard InChI is InChI=1S/C17H19FN2O3S/c1-13-5-3-6-14(9-13)11-20(24(2,22)23)12-17(21)19-16-8-4-7-15(18)10-16/h3-10H,11-12H2,1-2H3,(H,19,21). The fraction of sp³-hybridized carbons (Fsp3) is 0.235. The summed E-state index contributed by atoms with van der Waals surface area (Å²) in [5.41, 5.74) is 2.08. The van der Waals surface area contributed by atoms with Gasteiger partial charge in [0.05, 0.1) is 12.8 Å². The van der Waals surface area contributed by atoms with Gasteiger partial charge < -0.3 is 5.32 Å². The molecule has 0 aliphatic heterocycles. The molecule has 1 amide bonds. The number of aryl methyl sites for hydroxylation is 1. The van der Waals surface area contributed by atoms with Crippen molar-refractivity contribution in [2.75, 3.05) is 18.1 Å². The summed E-state index contributed by atoms with van der Waals surface area (Å²) in [6.07, 6.45) is 1.05. The van der Waals surface area contributed by atoms with Crippen LogP contribution in [0.3, 0.4) is 0 Å². The normalized spacial score (nSPS) is 11.5. The van der Waals surface area contributed by atoms with Crippen molar-refractivity contribution in [1.29, 1.82) is 0 Å². The minimum atomic E-state index is -3.57. The Hall–Kier alpha value is -2.25. The number of hydrogen-bond donors (Lipinski definition) is 1. The third-order valence-corrected chi connectivity index (χ3v) is 4.53. The molecule has 5 nitrogen and oxygen atoms in total. The van der Waals surface area contributed by atoms with E-state index in [1.807, 2.05) is 25.1 Å². The van der Waals surface area contributed by atoms with Gasteiger partial charge in [-0.15, -0.1) is 0 Å². The number of amides is 1. The molecule has 0 atom stereocenters. The molecule has 2 aromatic carbocycles. The van der Waals surface area contributed by atoms with Crippen molar-refractivity contribution in [2.24, 2.45) is 0 Å². The van der Waals surface area contributed by atoms with Crippen molar-refractivity contribution < 1.29 is 17.6 Å². The monoisotopic (exact) mass is 350 g/mol. The molecule has 0 saturated carbocycles. The van der Waals surface area contributed by atoms with Gasteiger partial charge in [0.25, 0.3) is 0 Å². The highest BCUT2D eigenvalue weighted by molar-refractivity contribution is 7.88. The number of carbonyl (C=O) groups is 1. The predicted molar refractivity (Wildman–Crippen MR) is 91.5 cm³/mol. The third kappa shape index (κ3) is 5.43. The van der Waals surface area contributed by atoms with E-state index in [0.717, 1.165) is 21.7 Å². The number of sulfonamides is 1. The molecule has 0 aromatic heterocycles. The van der Waals surface area contributed by atoms with Crippen LogP contribution in [0.2, 0.25) is 0 Å². The molecule has 7 heteroatoms. The Morgan fingerprint density at radius 2 is 1.88 bits per heavy atom. The summed E-state index contributed by atoms with van der Waals surface area (Å²) in [5.74, 6) is -1.01. The molecule has 0 spiro atoms. The average molecular weight is 350 g/mol. The second-order valence-electron chi connectivity index (χ2n) is 5.58. The number of anilines is 1. The van der Waals surface area contributed by atoms with Crippen LogP contribution in [0.25, 0.3) is 0 Å². The predicted octanol–water partition coefficient (Wildman–Crippen LogP) is 2.53. The lowest BCUT2D eigenvalue weighted by Gasteiger charge is -2.20. The maximum Gasteiger partial charge on any atom is 0.239 e. The average Bonchev–Trinajstić information content (AvgIpc) is 2.45. The summed E-state index contributed by atoms with van der Waals surface area (Å²) in [7, 11) is -3.57. The zero-order chi connectivity index (χ0) is 17.7. The topological polar surface area (TPSA) is 66.5 Å². The zero-order valence-corrected chi connectivity index (χ0v) is 14.3. The second kappa shape index (κ2) is 7.55. The van der Waals surface area contributed by atoms with E-state index in [9.17, 15) is 17.6 Å². The van der Waals surface area contributed by atoms with Crippen molar-refractivity contribution >= 4 is 21.6 Å². The first-order valence-corrected chi connectivity index (χ1v) is 9.15. The molecule has 0 heterocycles. The lowest BCUT2D eigenvalue weighted by molar-refractivity contribution is -0.116. The Labute approximate surface area is 141 Å². The fourth-order valence-corrected chi connectivity index (χ4v) is 2.97. The van der Waals surface area contributed by atoms with Gasteiger partial charge in [-0.25, -0.2) is 12.8 Å². The van der Waals surface area contributed by atoms with Gasteiger partial charge in [0.15, 0.2) is 0 Å². The number of hydrogen-bond acceptors (Lipinski definition) is 3. The van der Waals surface area contributed by atoms with Gasteiger partial charge in [-0.05, 0) is 30.7 Å². The molecular weight excluding hydrogens is 331 g/mol. The summed E-state index contributed by atoms with van der Waals surface area (Å²) < 4.78 is 38.1. The van der Waals surface area contributed by atoms with Gasteiger partial charge in [-0.2, -0.15) is 4.31 Å². The van der Waals surface area contributed by atoms with Crippen LogP contribution in [-0.4, -0.2) is 31.4 Å². The van der Waals surface area contributed by atoms with Crippen molar-refractivity contribution in [2.45, 2.75) is 13.5 Å². The van der Waals surface area contributed by atoms with E-state index >= 15 is 0 Å². The van der Waals surface area contributed by atoms with E-state index in [0.29, 0.717) is 0 Å². The number of nitrogens with zero attached hydrogens (tertiary/aromatic N) is 1. The van der Waals surface area contributed by atoms with Crippen molar-refractivity contribution in [3.05, 3.63) is 65.5 Å². The Morgan fingerprint density at radius 1 is 1.17 bits per heavy atom. The molecule has 1 N–H and O–H groups in total. The number of benzene rings is 2. The number of rotatable bonds is 6. The fourth-order valence-electron chi connectivity index (χ4n) is 2.23. The molecule has 0 radical (unpaired) electrons. The smallest absolute Gasteiger partial charge is 0.239 e. The van der Waals surface area contributed by atoms with Crippen molar-refractivity contribution in [3.63, 3.8) is 0 Å². The first-order chi connectivity index (χ1) is 11.2. The number of halogens is 1. The Bertz CT molecular complexity index is 837. The van der Waals surface area contributed by atoms with Crippen LogP contribution in [0.4, 0.5) is 10.1 Å². The lowest BCUT2D eigenvalue weighted by Crippen LogP contribution is -2.36. The summed E-state index contributed by atoms with van der Waals surface area (Å²) in [6, 6.07) is 12.8. The van der Waals surface area contributed by atoms with Crippen LogP contribution < -0.4 is 5.32 Å². The van der Waals surface area contributed by atoms with Crippen LogP contribution in [0, 0.1) is 12.7 Å². The van der Waals surface area contributed by atoms with Crippen LogP contribution in [0.1, 0.15) is 11.1 Å². The molecule has 2 rings (SSSR count). The molecular formula is C17H19FN2O3S. The Kier molecular flexibility index (Phi) is 5.69. The first kappa shape index (κ1) is 18.1. The van der Waals surface area contributed by atoms with E-state index in [1.165, 1.54) is 24.3 Å². The van der Waals surface area contributed by atoms with E-state index < -0.39 is 21.7 Å². The highest BCUT2D eigenvalue weighted by Crippen LogP contribution is 2.12. The molecule has 2 aromatic rings. The van der Waals surface area contributed by atoms with Gasteiger partial charge in [0.2, 0.25) is 15.9 Å². The van der Waals surface area contributed by atoms with Gasteiger partial charge in [0, 0.05) is 12.2 Å². The molecule has 0 saturated heterocycles. The molecule has 24 heavy (non-hydrogen) atoms. The molecule has 0 unspecified atom stereocenters. The van der Waals surface area contributed by atoms with E-state index in [2.05, 4.69) is 5.32 Å². The van der Waals surface area contributed by atoms with Crippen LogP contribution in [0.5, 0.6) is 0 Å². The van der Waals surface area contributed by atoms with E-state index in [4.69, 9.17) is 0 Å². The van der Waals surface area contributed by atoms with Crippen LogP contribution >= 0.6 is 0 Å². The summed E-state index contributed by atoms with van der Waals surface area (Å²) >= 11 is 0. The molecule has 0 aliphatic rings. The van der Waals surface area contributed by atoms with Gasteiger partial charge in [0.1, 0.15) is 5.82 Å². The SMILES string of the molecule is Cc1cccc(CN(CC(=O)Nc2cccc(F)c2)S(C)(=O)=O)c1. The molecule has 128 valence electrons. The zero-order valence-electron chi connectivity index (χ0n) is 13.5. The Morgan fingerprint density at radius 3 is 2.50 bits per heavy atom. The van der Waals surface area contributed by atoms with Crippen LogP contribution in [0.15, 0.2) is 48.5 Å². The first-order valence-electron chi connectivity index (χ1n) is 7.30. The quantitative estimate of drug-likeness (QED) is 0.871. The summed E-state index contributed by atoms with van der Waals surface area (Å²) in [4.78, 5) is 12.1. The Balaban J connectivity index is 2.10. The van der Waals surface area contributed by atoms with E-state index in [1.54, 1.807) is 6.07 Å². The van der Waals surface area contributed by atoms with Crippen molar-refractivity contribution in [1.82, 2.24) is 4.31 Å². The highest BCUT2D eigenvalue weighted by atomic mass is 32.2. The van der Waals surface area contributed by atoms with Gasteiger partial charge in [-0.3, -0.25) is 4.79 Å². The summed E-state index contributed by atoms with van der Waals surface area (Å²) in [6.45, 7) is 1.66. The van der Waals surface area contributed by atoms with Gasteiger partial charge >= 0.3 is 0 Å². The minimum Gasteiger partial charge on any atom is -0.325 e. The number of nitrogens with one attached hydrogen (secondary N) is 1. The minimum absolute atomic E-state index is 0.0943. The molecule has 0 aliphatic carbocycles. The summed E-state index contributed by atoms with van der Waals surface area (Å²) in [5, 5.41) is 2.50. The highest BCUT2D eigenvalue weighted by Gasteiger charge is 2.20. The lowest BCUT2D eigenvalue weighted by atomic mass is 10.1. The molecule has 0 fully saturated rings. The number of carbonyl (C=O) groups excluding carboxylic acids is 1.